The summed E-state index contributed by atoms with van der Waals surface area (Å²) in [7, 11) is 0. The van der Waals surface area contributed by atoms with Crippen LogP contribution in [0.15, 0.2) is 11.6 Å². The van der Waals surface area contributed by atoms with Crippen LogP contribution in [-0.2, 0) is 0 Å². The van der Waals surface area contributed by atoms with Crippen LogP contribution in [0.1, 0.15) is 58.0 Å². The van der Waals surface area contributed by atoms with Crippen molar-refractivity contribution >= 4 is 11.3 Å². The molecule has 1 aromatic heterocycles. The summed E-state index contributed by atoms with van der Waals surface area (Å²) in [5.74, 6) is 1.55. The van der Waals surface area contributed by atoms with E-state index in [1.807, 2.05) is 17.5 Å². The Morgan fingerprint density at radius 2 is 2.24 bits per heavy atom. The molecule has 1 saturated heterocycles. The quantitative estimate of drug-likeness (QED) is 0.899. The summed E-state index contributed by atoms with van der Waals surface area (Å²) in [5.41, 5.74) is 0.302. The van der Waals surface area contributed by atoms with E-state index in [0.717, 1.165) is 18.9 Å². The van der Waals surface area contributed by atoms with Crippen LogP contribution in [0.3, 0.4) is 0 Å². The van der Waals surface area contributed by atoms with Crippen molar-refractivity contribution in [3.05, 3.63) is 16.6 Å². The second-order valence-electron chi connectivity index (χ2n) is 7.35. The van der Waals surface area contributed by atoms with Gasteiger partial charge in [-0.3, -0.25) is 4.90 Å². The van der Waals surface area contributed by atoms with Crippen LogP contribution >= 0.6 is 11.3 Å². The van der Waals surface area contributed by atoms with Crippen LogP contribution in [-0.4, -0.2) is 34.6 Å². The van der Waals surface area contributed by atoms with Crippen molar-refractivity contribution in [2.24, 2.45) is 11.8 Å². The largest absolute Gasteiger partial charge is 0.308 e. The molecule has 0 radical (unpaired) electrons. The Balaban J connectivity index is 1.85. The van der Waals surface area contributed by atoms with Crippen molar-refractivity contribution in [3.8, 4) is 0 Å². The topological polar surface area (TPSA) is 28.2 Å². The minimum Gasteiger partial charge on any atom is -0.308 e. The van der Waals surface area contributed by atoms with E-state index >= 15 is 0 Å². The number of aromatic nitrogens is 1. The summed E-state index contributed by atoms with van der Waals surface area (Å²) < 4.78 is 0. The lowest BCUT2D eigenvalue weighted by molar-refractivity contribution is 0.0158. The molecule has 1 N–H and O–H groups in total. The molecule has 2 fully saturated rings. The molecular weight excluding hydrogens is 278 g/mol. The van der Waals surface area contributed by atoms with Gasteiger partial charge in [0.05, 0.1) is 6.04 Å². The SMILES string of the molecule is CCC(c1nccs1)N1CC(C)(C2CC2)NCC1C(C)C. The van der Waals surface area contributed by atoms with Crippen molar-refractivity contribution in [2.75, 3.05) is 13.1 Å². The third kappa shape index (κ3) is 3.03. The number of hydrogen-bond acceptors (Lipinski definition) is 4. The number of rotatable bonds is 5. The zero-order valence-electron chi connectivity index (χ0n) is 13.8. The molecule has 3 rings (SSSR count). The molecule has 3 unspecified atom stereocenters. The molecule has 2 heterocycles. The van der Waals surface area contributed by atoms with Crippen LogP contribution in [0.4, 0.5) is 0 Å². The number of hydrogen-bond donors (Lipinski definition) is 1. The van der Waals surface area contributed by atoms with Gasteiger partial charge in [0.25, 0.3) is 0 Å². The Hall–Kier alpha value is -0.450. The van der Waals surface area contributed by atoms with E-state index in [-0.39, 0.29) is 0 Å². The van der Waals surface area contributed by atoms with E-state index < -0.39 is 0 Å². The normalized spacial score (nSPS) is 32.5. The summed E-state index contributed by atoms with van der Waals surface area (Å²) in [6.45, 7) is 11.7. The third-order valence-corrected chi connectivity index (χ3v) is 6.30. The number of nitrogens with one attached hydrogen (secondary N) is 1. The molecular formula is C17H29N3S. The van der Waals surface area contributed by atoms with E-state index in [1.54, 1.807) is 0 Å². The molecule has 3 atom stereocenters. The molecule has 2 aliphatic rings. The predicted octanol–water partition coefficient (Wildman–Crippen LogP) is 3.69. The first kappa shape index (κ1) is 15.4. The van der Waals surface area contributed by atoms with Gasteiger partial charge in [0.2, 0.25) is 0 Å². The van der Waals surface area contributed by atoms with Gasteiger partial charge in [-0.1, -0.05) is 20.8 Å². The maximum Gasteiger partial charge on any atom is 0.110 e. The lowest BCUT2D eigenvalue weighted by Crippen LogP contribution is -2.65. The Labute approximate surface area is 133 Å². The molecule has 0 bridgehead atoms. The second kappa shape index (κ2) is 5.98. The fourth-order valence-electron chi connectivity index (χ4n) is 3.91. The molecule has 0 amide bonds. The van der Waals surface area contributed by atoms with Crippen molar-refractivity contribution in [1.29, 1.82) is 0 Å². The smallest absolute Gasteiger partial charge is 0.110 e. The average molecular weight is 308 g/mol. The molecule has 4 heteroatoms. The Kier molecular flexibility index (Phi) is 4.40. The van der Waals surface area contributed by atoms with Crippen molar-refractivity contribution < 1.29 is 0 Å². The zero-order chi connectivity index (χ0) is 15.0. The first-order valence-electron chi connectivity index (χ1n) is 8.45. The molecule has 0 spiro atoms. The van der Waals surface area contributed by atoms with Crippen molar-refractivity contribution in [1.82, 2.24) is 15.2 Å². The van der Waals surface area contributed by atoms with Gasteiger partial charge in [-0.05, 0) is 38.0 Å². The third-order valence-electron chi connectivity index (χ3n) is 5.42. The van der Waals surface area contributed by atoms with E-state index in [9.17, 15) is 0 Å². The summed E-state index contributed by atoms with van der Waals surface area (Å²) in [6.07, 6.45) is 5.91. The van der Waals surface area contributed by atoms with Crippen LogP contribution in [0.25, 0.3) is 0 Å². The molecule has 1 aliphatic carbocycles. The lowest BCUT2D eigenvalue weighted by atomic mass is 9.86. The van der Waals surface area contributed by atoms with Gasteiger partial charge in [-0.25, -0.2) is 4.98 Å². The van der Waals surface area contributed by atoms with Gasteiger partial charge in [-0.15, -0.1) is 11.3 Å². The van der Waals surface area contributed by atoms with Gasteiger partial charge in [0.15, 0.2) is 0 Å². The maximum absolute atomic E-state index is 4.62. The van der Waals surface area contributed by atoms with Gasteiger partial charge in [-0.2, -0.15) is 0 Å². The Morgan fingerprint density at radius 3 is 2.76 bits per heavy atom. The van der Waals surface area contributed by atoms with Crippen LogP contribution in [0.2, 0.25) is 0 Å². The van der Waals surface area contributed by atoms with Gasteiger partial charge < -0.3 is 5.32 Å². The molecule has 3 nitrogen and oxygen atoms in total. The lowest BCUT2D eigenvalue weighted by Gasteiger charge is -2.50. The zero-order valence-corrected chi connectivity index (χ0v) is 14.6. The van der Waals surface area contributed by atoms with Crippen LogP contribution in [0, 0.1) is 11.8 Å². The maximum atomic E-state index is 4.62. The molecule has 118 valence electrons. The highest BCUT2D eigenvalue weighted by atomic mass is 32.1. The van der Waals surface area contributed by atoms with Gasteiger partial charge in [0, 0.05) is 36.2 Å². The van der Waals surface area contributed by atoms with Crippen LogP contribution < -0.4 is 5.32 Å². The van der Waals surface area contributed by atoms with Crippen LogP contribution in [0.5, 0.6) is 0 Å². The predicted molar refractivity (Wildman–Crippen MR) is 89.6 cm³/mol. The molecule has 1 aromatic rings. The highest BCUT2D eigenvalue weighted by Crippen LogP contribution is 2.43. The first-order valence-corrected chi connectivity index (χ1v) is 9.33. The number of nitrogens with zero attached hydrogens (tertiary/aromatic N) is 2. The minimum absolute atomic E-state index is 0.302. The van der Waals surface area contributed by atoms with E-state index in [1.165, 1.54) is 24.4 Å². The first-order chi connectivity index (χ1) is 10.0. The minimum atomic E-state index is 0.302. The van der Waals surface area contributed by atoms with E-state index in [2.05, 4.69) is 48.3 Å². The van der Waals surface area contributed by atoms with E-state index in [4.69, 9.17) is 0 Å². The molecule has 0 aromatic carbocycles. The molecule has 1 saturated carbocycles. The highest BCUT2D eigenvalue weighted by molar-refractivity contribution is 7.09. The average Bonchev–Trinajstić information content (AvgIpc) is 3.19. The summed E-state index contributed by atoms with van der Waals surface area (Å²) in [5, 5.41) is 7.29. The van der Waals surface area contributed by atoms with Crippen molar-refractivity contribution in [2.45, 2.75) is 64.6 Å². The summed E-state index contributed by atoms with van der Waals surface area (Å²) in [4.78, 5) is 7.38. The second-order valence-corrected chi connectivity index (χ2v) is 8.28. The summed E-state index contributed by atoms with van der Waals surface area (Å²) in [6, 6.07) is 1.10. The number of thiazole rings is 1. The van der Waals surface area contributed by atoms with Gasteiger partial charge >= 0.3 is 0 Å². The monoisotopic (exact) mass is 307 g/mol. The standard InChI is InChI=1S/C17H29N3S/c1-5-14(16-18-8-9-21-16)20-11-17(4,13-6-7-13)19-10-15(20)12(2)3/h8-9,12-15,19H,5-7,10-11H2,1-4H3. The fourth-order valence-corrected chi connectivity index (χ4v) is 4.75. The molecule has 1 aliphatic heterocycles. The Morgan fingerprint density at radius 1 is 1.48 bits per heavy atom. The van der Waals surface area contributed by atoms with Crippen molar-refractivity contribution in [3.63, 3.8) is 0 Å². The van der Waals surface area contributed by atoms with Gasteiger partial charge in [0.1, 0.15) is 5.01 Å². The Bertz CT molecular complexity index is 455. The fraction of sp³-hybridized carbons (Fsp3) is 0.824. The van der Waals surface area contributed by atoms with E-state index in [0.29, 0.717) is 23.5 Å². The number of piperazine rings is 1. The molecule has 21 heavy (non-hydrogen) atoms. The highest BCUT2D eigenvalue weighted by Gasteiger charge is 2.48. The summed E-state index contributed by atoms with van der Waals surface area (Å²) >= 11 is 1.81.